The lowest BCUT2D eigenvalue weighted by molar-refractivity contribution is 1.05. The third-order valence-corrected chi connectivity index (χ3v) is 11.0. The van der Waals surface area contributed by atoms with Crippen molar-refractivity contribution in [2.75, 3.05) is 0 Å². The van der Waals surface area contributed by atoms with Gasteiger partial charge in [-0.3, -0.25) is 0 Å². The fraction of sp³-hybridized carbons (Fsp3) is 0.0392. The first-order valence-electron chi connectivity index (χ1n) is 18.9. The lowest BCUT2D eigenvalue weighted by Gasteiger charge is -2.18. The van der Waals surface area contributed by atoms with E-state index in [1.54, 1.807) is 0 Å². The Bertz CT molecular complexity index is 3260. The van der Waals surface area contributed by atoms with Crippen molar-refractivity contribution in [3.63, 3.8) is 0 Å². The molecule has 3 aromatic heterocycles. The van der Waals surface area contributed by atoms with E-state index in [2.05, 4.69) is 88.0 Å². The molecule has 7 aromatic carbocycles. The highest BCUT2D eigenvalue weighted by molar-refractivity contribution is 6.12. The van der Waals surface area contributed by atoms with Crippen LogP contribution in [0.25, 0.3) is 88.6 Å². The van der Waals surface area contributed by atoms with Gasteiger partial charge in [0.2, 0.25) is 0 Å². The molecule has 58 heavy (non-hydrogen) atoms. The van der Waals surface area contributed by atoms with E-state index in [0.29, 0.717) is 33.9 Å². The Morgan fingerprint density at radius 1 is 0.414 bits per heavy atom. The molecule has 0 amide bonds. The standard InChI is InChI=1S/C51H31N7/c1-31-23-32(2)56-51(55-31)37-26-49(57-45-17-9-7-15-40(45)42-21-19-33(24-47(42)57)38-13-5-3-11-35(38)28-52)44(30-54)50(27-37)58-46-18-10-8-16-41(46)43-22-20-34(25-48(43)58)39-14-6-4-12-36(39)29-53/h3-27H,1-2H3. The quantitative estimate of drug-likeness (QED) is 0.174. The summed E-state index contributed by atoms with van der Waals surface area (Å²) in [6.45, 7) is 3.93. The minimum Gasteiger partial charge on any atom is -0.308 e. The van der Waals surface area contributed by atoms with Gasteiger partial charge in [0.05, 0.1) is 56.7 Å². The Morgan fingerprint density at radius 2 is 0.845 bits per heavy atom. The number of para-hydroxylation sites is 2. The van der Waals surface area contributed by atoms with E-state index in [-0.39, 0.29) is 0 Å². The molecule has 0 atom stereocenters. The maximum Gasteiger partial charge on any atom is 0.159 e. The number of hydrogen-bond donors (Lipinski definition) is 0. The van der Waals surface area contributed by atoms with Crippen molar-refractivity contribution < 1.29 is 0 Å². The Morgan fingerprint density at radius 3 is 1.31 bits per heavy atom. The third-order valence-electron chi connectivity index (χ3n) is 11.0. The van der Waals surface area contributed by atoms with E-state index in [1.807, 2.05) is 105 Å². The molecule has 0 aliphatic rings. The van der Waals surface area contributed by atoms with Gasteiger partial charge < -0.3 is 9.13 Å². The minimum absolute atomic E-state index is 0.462. The van der Waals surface area contributed by atoms with Gasteiger partial charge in [0, 0.05) is 38.5 Å². The molecule has 0 radical (unpaired) electrons. The monoisotopic (exact) mass is 741 g/mol. The van der Waals surface area contributed by atoms with Crippen LogP contribution in [0.15, 0.2) is 152 Å². The highest BCUT2D eigenvalue weighted by Gasteiger charge is 2.24. The van der Waals surface area contributed by atoms with E-state index in [9.17, 15) is 15.8 Å². The molecule has 0 saturated heterocycles. The van der Waals surface area contributed by atoms with Crippen LogP contribution in [-0.4, -0.2) is 19.1 Å². The zero-order valence-corrected chi connectivity index (χ0v) is 31.6. The van der Waals surface area contributed by atoms with Crippen molar-refractivity contribution in [2.24, 2.45) is 0 Å². The van der Waals surface area contributed by atoms with E-state index in [4.69, 9.17) is 9.97 Å². The van der Waals surface area contributed by atoms with E-state index in [1.165, 1.54) is 0 Å². The maximum absolute atomic E-state index is 11.5. The van der Waals surface area contributed by atoms with Gasteiger partial charge in [-0.05, 0) is 90.7 Å². The van der Waals surface area contributed by atoms with E-state index >= 15 is 0 Å². The number of benzene rings is 7. The number of nitriles is 3. The molecule has 0 saturated carbocycles. The fourth-order valence-corrected chi connectivity index (χ4v) is 8.52. The predicted molar refractivity (Wildman–Crippen MR) is 231 cm³/mol. The molecule has 0 bridgehead atoms. The molecule has 0 aliphatic carbocycles. The molecule has 7 heteroatoms. The van der Waals surface area contributed by atoms with Gasteiger partial charge in [-0.25, -0.2) is 9.97 Å². The number of aryl methyl sites for hydroxylation is 2. The van der Waals surface area contributed by atoms with Crippen molar-refractivity contribution in [3.05, 3.63) is 180 Å². The Labute approximate surface area is 334 Å². The summed E-state index contributed by atoms with van der Waals surface area (Å²) < 4.78 is 4.33. The SMILES string of the molecule is Cc1cc(C)nc(-c2cc(-n3c4ccccc4c4ccc(-c5ccccc5C#N)cc43)c(C#N)c(-n3c4ccccc4c4ccc(-c5ccccc5C#N)cc43)c2)n1. The van der Waals surface area contributed by atoms with Gasteiger partial charge in [-0.15, -0.1) is 0 Å². The molecule has 270 valence electrons. The lowest BCUT2D eigenvalue weighted by Crippen LogP contribution is -2.06. The summed E-state index contributed by atoms with van der Waals surface area (Å²) in [6.07, 6.45) is 0. The summed E-state index contributed by atoms with van der Waals surface area (Å²) in [6, 6.07) is 57.7. The maximum atomic E-state index is 11.5. The van der Waals surface area contributed by atoms with Crippen LogP contribution in [-0.2, 0) is 0 Å². The first-order chi connectivity index (χ1) is 28.4. The number of fused-ring (bicyclic) bond motifs is 6. The number of nitrogens with zero attached hydrogens (tertiary/aromatic N) is 7. The summed E-state index contributed by atoms with van der Waals surface area (Å²) in [4.78, 5) is 9.85. The first-order valence-corrected chi connectivity index (χ1v) is 18.9. The fourth-order valence-electron chi connectivity index (χ4n) is 8.52. The van der Waals surface area contributed by atoms with Crippen LogP contribution in [0.3, 0.4) is 0 Å². The smallest absolute Gasteiger partial charge is 0.159 e. The van der Waals surface area contributed by atoms with Gasteiger partial charge in [-0.2, -0.15) is 15.8 Å². The van der Waals surface area contributed by atoms with Crippen LogP contribution in [0.5, 0.6) is 0 Å². The molecule has 0 N–H and O–H groups in total. The van der Waals surface area contributed by atoms with E-state index in [0.717, 1.165) is 82.8 Å². The molecule has 0 fully saturated rings. The normalized spacial score (nSPS) is 11.2. The second-order valence-electron chi connectivity index (χ2n) is 14.5. The molecule has 0 aliphatic heterocycles. The molecule has 0 spiro atoms. The van der Waals surface area contributed by atoms with Crippen LogP contribution in [0.2, 0.25) is 0 Å². The topological polar surface area (TPSA) is 107 Å². The summed E-state index contributed by atoms with van der Waals surface area (Å²) in [5.41, 5.74) is 12.5. The van der Waals surface area contributed by atoms with Crippen LogP contribution >= 0.6 is 0 Å². The summed E-state index contributed by atoms with van der Waals surface area (Å²) in [7, 11) is 0. The molecule has 10 aromatic rings. The number of rotatable bonds is 5. The van der Waals surface area contributed by atoms with Crippen LogP contribution < -0.4 is 0 Å². The Kier molecular flexibility index (Phi) is 7.94. The average molecular weight is 742 g/mol. The summed E-state index contributed by atoms with van der Waals surface area (Å²) in [5.74, 6) is 0.554. The highest BCUT2D eigenvalue weighted by atomic mass is 15.0. The van der Waals surface area contributed by atoms with Crippen LogP contribution in [0.4, 0.5) is 0 Å². The second kappa shape index (κ2) is 13.5. The predicted octanol–water partition coefficient (Wildman–Crippen LogP) is 11.9. The van der Waals surface area contributed by atoms with E-state index < -0.39 is 0 Å². The number of aromatic nitrogens is 4. The van der Waals surface area contributed by atoms with Gasteiger partial charge in [0.15, 0.2) is 5.82 Å². The van der Waals surface area contributed by atoms with Gasteiger partial charge in [0.25, 0.3) is 0 Å². The molecular formula is C51H31N7. The van der Waals surface area contributed by atoms with Crippen molar-refractivity contribution in [1.82, 2.24) is 19.1 Å². The first kappa shape index (κ1) is 34.2. The molecule has 10 rings (SSSR count). The third kappa shape index (κ3) is 5.33. The zero-order chi connectivity index (χ0) is 39.5. The van der Waals surface area contributed by atoms with Gasteiger partial charge >= 0.3 is 0 Å². The molecule has 0 unspecified atom stereocenters. The minimum atomic E-state index is 0.462. The van der Waals surface area contributed by atoms with Crippen molar-refractivity contribution in [2.45, 2.75) is 13.8 Å². The Balaban J connectivity index is 1.35. The van der Waals surface area contributed by atoms with Crippen LogP contribution in [0, 0.1) is 47.8 Å². The number of hydrogen-bond acceptors (Lipinski definition) is 5. The van der Waals surface area contributed by atoms with Gasteiger partial charge in [0.1, 0.15) is 11.6 Å². The van der Waals surface area contributed by atoms with Crippen molar-refractivity contribution in [1.29, 1.82) is 15.8 Å². The van der Waals surface area contributed by atoms with Gasteiger partial charge in [-0.1, -0.05) is 97.1 Å². The second-order valence-corrected chi connectivity index (χ2v) is 14.5. The summed E-state index contributed by atoms with van der Waals surface area (Å²) >= 11 is 0. The molecule has 3 heterocycles. The molecular weight excluding hydrogens is 711 g/mol. The summed E-state index contributed by atoms with van der Waals surface area (Å²) in [5, 5.41) is 35.7. The lowest BCUT2D eigenvalue weighted by atomic mass is 9.99. The largest absolute Gasteiger partial charge is 0.308 e. The molecule has 7 nitrogen and oxygen atoms in total. The average Bonchev–Trinajstić information content (AvgIpc) is 3.77. The Hall–Kier alpha value is -8.31. The van der Waals surface area contributed by atoms with Crippen molar-refractivity contribution >= 4 is 43.6 Å². The highest BCUT2D eigenvalue weighted by Crippen LogP contribution is 2.42. The van der Waals surface area contributed by atoms with Crippen molar-refractivity contribution in [3.8, 4) is 63.2 Å². The van der Waals surface area contributed by atoms with Crippen LogP contribution in [0.1, 0.15) is 28.1 Å². The zero-order valence-electron chi connectivity index (χ0n) is 31.6.